The lowest BCUT2D eigenvalue weighted by molar-refractivity contribution is -0.147. The molecular weight excluding hydrogens is 368 g/mol. The van der Waals surface area contributed by atoms with Crippen molar-refractivity contribution in [3.8, 4) is 0 Å². The Morgan fingerprint density at radius 3 is 2.52 bits per heavy atom. The van der Waals surface area contributed by atoms with Crippen molar-refractivity contribution in [2.75, 3.05) is 39.4 Å². The SMILES string of the molecule is CC1(C(=O)N2CCC(C3NOC(C4CNCC(C5CCOC5)C4)N3)CC2)CCC1. The van der Waals surface area contributed by atoms with Crippen molar-refractivity contribution in [3.05, 3.63) is 0 Å². The summed E-state index contributed by atoms with van der Waals surface area (Å²) in [4.78, 5) is 20.9. The van der Waals surface area contributed by atoms with Crippen LogP contribution >= 0.6 is 0 Å². The molecule has 1 saturated carbocycles. The van der Waals surface area contributed by atoms with E-state index in [9.17, 15) is 4.79 Å². The number of hydrogen-bond acceptors (Lipinski definition) is 6. The Hall–Kier alpha value is -0.730. The molecule has 0 spiro atoms. The van der Waals surface area contributed by atoms with Gasteiger partial charge in [0.2, 0.25) is 5.91 Å². The Kier molecular flexibility index (Phi) is 5.86. The van der Waals surface area contributed by atoms with E-state index in [4.69, 9.17) is 9.57 Å². The van der Waals surface area contributed by atoms with E-state index < -0.39 is 0 Å². The van der Waals surface area contributed by atoms with Crippen LogP contribution in [0.25, 0.3) is 0 Å². The number of hydrogen-bond donors (Lipinski definition) is 3. The molecule has 0 aromatic rings. The summed E-state index contributed by atoms with van der Waals surface area (Å²) in [5, 5.41) is 7.36. The highest BCUT2D eigenvalue weighted by Gasteiger charge is 2.44. The minimum absolute atomic E-state index is 0.0697. The lowest BCUT2D eigenvalue weighted by Gasteiger charge is -2.43. The summed E-state index contributed by atoms with van der Waals surface area (Å²) in [6.07, 6.45) is 8.12. The third kappa shape index (κ3) is 4.09. The van der Waals surface area contributed by atoms with Crippen molar-refractivity contribution < 1.29 is 14.4 Å². The van der Waals surface area contributed by atoms with E-state index in [1.54, 1.807) is 0 Å². The smallest absolute Gasteiger partial charge is 0.228 e. The molecule has 3 N–H and O–H groups in total. The summed E-state index contributed by atoms with van der Waals surface area (Å²) in [6.45, 7) is 7.90. The number of rotatable bonds is 4. The molecule has 7 heteroatoms. The van der Waals surface area contributed by atoms with Crippen LogP contribution in [-0.4, -0.2) is 62.6 Å². The molecule has 4 aliphatic heterocycles. The van der Waals surface area contributed by atoms with Gasteiger partial charge in [-0.3, -0.25) is 14.9 Å². The Labute approximate surface area is 174 Å². The molecule has 0 aromatic carbocycles. The molecule has 1 aliphatic carbocycles. The molecular formula is C22H38N4O3. The average molecular weight is 407 g/mol. The van der Waals surface area contributed by atoms with Gasteiger partial charge >= 0.3 is 0 Å². The first-order valence-electron chi connectivity index (χ1n) is 11.9. The molecule has 0 bridgehead atoms. The zero-order chi connectivity index (χ0) is 19.8. The fourth-order valence-corrected chi connectivity index (χ4v) is 6.12. The van der Waals surface area contributed by atoms with Crippen molar-refractivity contribution in [1.29, 1.82) is 0 Å². The maximum Gasteiger partial charge on any atom is 0.228 e. The van der Waals surface area contributed by atoms with Gasteiger partial charge in [-0.25, -0.2) is 0 Å². The number of nitrogens with zero attached hydrogens (tertiary/aromatic N) is 1. The molecule has 0 radical (unpaired) electrons. The molecule has 7 nitrogen and oxygen atoms in total. The minimum Gasteiger partial charge on any atom is -0.381 e. The Bertz CT molecular complexity index is 585. The third-order valence-corrected chi connectivity index (χ3v) is 8.42. The molecule has 5 atom stereocenters. The highest BCUT2D eigenvalue weighted by molar-refractivity contribution is 5.83. The highest BCUT2D eigenvalue weighted by Crippen LogP contribution is 2.42. The van der Waals surface area contributed by atoms with Gasteiger partial charge in [-0.2, -0.15) is 5.48 Å². The second-order valence-electron chi connectivity index (χ2n) is 10.4. The van der Waals surface area contributed by atoms with Crippen LogP contribution in [0.4, 0.5) is 0 Å². The molecule has 5 rings (SSSR count). The van der Waals surface area contributed by atoms with E-state index >= 15 is 0 Å². The van der Waals surface area contributed by atoms with Gasteiger partial charge in [-0.15, -0.1) is 0 Å². The van der Waals surface area contributed by atoms with Crippen molar-refractivity contribution in [3.63, 3.8) is 0 Å². The summed E-state index contributed by atoms with van der Waals surface area (Å²) >= 11 is 0. The average Bonchev–Trinajstić information content (AvgIpc) is 3.44. The van der Waals surface area contributed by atoms with E-state index in [1.807, 2.05) is 0 Å². The lowest BCUT2D eigenvalue weighted by atomic mass is 9.69. The number of hydroxylamine groups is 1. The van der Waals surface area contributed by atoms with Gasteiger partial charge in [0.25, 0.3) is 0 Å². The molecule has 29 heavy (non-hydrogen) atoms. The van der Waals surface area contributed by atoms with E-state index in [1.165, 1.54) is 19.3 Å². The van der Waals surface area contributed by atoms with E-state index in [0.717, 1.165) is 65.1 Å². The van der Waals surface area contributed by atoms with Gasteiger partial charge < -0.3 is 15.0 Å². The zero-order valence-corrected chi connectivity index (χ0v) is 17.8. The summed E-state index contributed by atoms with van der Waals surface area (Å²) < 4.78 is 5.61. The van der Waals surface area contributed by atoms with Crippen LogP contribution in [0.1, 0.15) is 51.9 Å². The number of likely N-dealkylation sites (tertiary alicyclic amines) is 1. The second-order valence-corrected chi connectivity index (χ2v) is 10.4. The molecule has 1 amide bonds. The normalized spacial score (nSPS) is 40.7. The summed E-state index contributed by atoms with van der Waals surface area (Å²) in [5.74, 6) is 2.80. The molecule has 0 aromatic heterocycles. The first-order valence-corrected chi connectivity index (χ1v) is 11.9. The maximum atomic E-state index is 12.8. The van der Waals surface area contributed by atoms with Gasteiger partial charge in [0.1, 0.15) is 6.23 Å². The Morgan fingerprint density at radius 2 is 1.83 bits per heavy atom. The standard InChI is InChI=1S/C22H38N4O3/c1-22(6-2-7-22)21(27)26-8-3-15(4-9-26)19-24-20(29-25-19)18-11-17(12-23-13-18)16-5-10-28-14-16/h15-20,23-25H,2-14H2,1H3. The maximum absolute atomic E-state index is 12.8. The van der Waals surface area contributed by atoms with Crippen molar-refractivity contribution >= 4 is 5.91 Å². The zero-order valence-electron chi connectivity index (χ0n) is 17.8. The summed E-state index contributed by atoms with van der Waals surface area (Å²) in [5.41, 5.74) is 3.22. The lowest BCUT2D eigenvalue weighted by Crippen LogP contribution is -2.52. The summed E-state index contributed by atoms with van der Waals surface area (Å²) in [7, 11) is 0. The van der Waals surface area contributed by atoms with Gasteiger partial charge in [-0.1, -0.05) is 13.3 Å². The van der Waals surface area contributed by atoms with Crippen LogP contribution in [0.15, 0.2) is 0 Å². The first-order chi connectivity index (χ1) is 14.1. The van der Waals surface area contributed by atoms with Crippen LogP contribution in [0.3, 0.4) is 0 Å². The molecule has 4 saturated heterocycles. The topological polar surface area (TPSA) is 74.9 Å². The molecule has 4 heterocycles. The summed E-state index contributed by atoms with van der Waals surface area (Å²) in [6, 6.07) is 0. The minimum atomic E-state index is -0.0697. The largest absolute Gasteiger partial charge is 0.381 e. The Morgan fingerprint density at radius 1 is 1.03 bits per heavy atom. The van der Waals surface area contributed by atoms with Gasteiger partial charge in [-0.05, 0) is 62.8 Å². The quantitative estimate of drug-likeness (QED) is 0.656. The van der Waals surface area contributed by atoms with E-state index in [0.29, 0.717) is 29.6 Å². The fourth-order valence-electron chi connectivity index (χ4n) is 6.12. The predicted octanol–water partition coefficient (Wildman–Crippen LogP) is 1.45. The van der Waals surface area contributed by atoms with Crippen LogP contribution in [-0.2, 0) is 14.4 Å². The molecule has 5 aliphatic rings. The van der Waals surface area contributed by atoms with Crippen molar-refractivity contribution in [2.24, 2.45) is 29.1 Å². The van der Waals surface area contributed by atoms with Gasteiger partial charge in [0.15, 0.2) is 0 Å². The molecule has 5 unspecified atom stereocenters. The van der Waals surface area contributed by atoms with Crippen molar-refractivity contribution in [1.82, 2.24) is 21.0 Å². The highest BCUT2D eigenvalue weighted by atomic mass is 16.7. The number of ether oxygens (including phenoxy) is 1. The fraction of sp³-hybridized carbons (Fsp3) is 0.955. The second kappa shape index (κ2) is 8.42. The molecule has 164 valence electrons. The number of piperidine rings is 2. The monoisotopic (exact) mass is 406 g/mol. The van der Waals surface area contributed by atoms with E-state index in [2.05, 4.69) is 27.9 Å². The van der Waals surface area contributed by atoms with Crippen LogP contribution in [0.5, 0.6) is 0 Å². The Balaban J connectivity index is 1.09. The van der Waals surface area contributed by atoms with Crippen LogP contribution < -0.4 is 16.1 Å². The van der Waals surface area contributed by atoms with Crippen molar-refractivity contribution in [2.45, 2.75) is 64.3 Å². The van der Waals surface area contributed by atoms with Gasteiger partial charge in [0, 0.05) is 44.2 Å². The van der Waals surface area contributed by atoms with E-state index in [-0.39, 0.29) is 17.8 Å². The number of nitrogens with one attached hydrogen (secondary N) is 3. The number of amides is 1. The van der Waals surface area contributed by atoms with Crippen LogP contribution in [0.2, 0.25) is 0 Å². The molecule has 5 fully saturated rings. The predicted molar refractivity (Wildman–Crippen MR) is 110 cm³/mol. The van der Waals surface area contributed by atoms with Crippen LogP contribution in [0, 0.1) is 29.1 Å². The third-order valence-electron chi connectivity index (χ3n) is 8.42. The van der Waals surface area contributed by atoms with Gasteiger partial charge in [0.05, 0.1) is 6.17 Å². The number of carbonyl (C=O) groups is 1. The first kappa shape index (κ1) is 20.2. The number of carbonyl (C=O) groups excluding carboxylic acids is 1.